The van der Waals surface area contributed by atoms with Crippen LogP contribution in [0.25, 0.3) is 0 Å². The van der Waals surface area contributed by atoms with Crippen molar-refractivity contribution in [3.05, 3.63) is 46.4 Å². The Morgan fingerprint density at radius 3 is 2.75 bits per heavy atom. The Hall–Kier alpha value is -1.49. The molecule has 1 unspecified atom stereocenters. The molecule has 1 aromatic heterocycles. The molecule has 5 heteroatoms. The average molecular weight is 240 g/mol. The van der Waals surface area contributed by atoms with Crippen LogP contribution >= 0.6 is 11.3 Å². The van der Waals surface area contributed by atoms with Crippen molar-refractivity contribution in [1.29, 1.82) is 0 Å². The summed E-state index contributed by atoms with van der Waals surface area (Å²) in [5.74, 6) is -1.69. The summed E-state index contributed by atoms with van der Waals surface area (Å²) in [5.41, 5.74) is 0.543. The van der Waals surface area contributed by atoms with Crippen molar-refractivity contribution in [2.24, 2.45) is 0 Å². The molecule has 0 saturated carbocycles. The summed E-state index contributed by atoms with van der Waals surface area (Å²) in [6.07, 6.45) is 1.71. The predicted molar refractivity (Wildman–Crippen MR) is 60.5 cm³/mol. The Morgan fingerprint density at radius 2 is 2.12 bits per heavy atom. The van der Waals surface area contributed by atoms with Crippen LogP contribution < -0.4 is 5.32 Å². The van der Waals surface area contributed by atoms with Crippen LogP contribution in [0.4, 0.5) is 14.5 Å². The number of aromatic nitrogens is 1. The van der Waals surface area contributed by atoms with Crippen LogP contribution in [0, 0.1) is 11.6 Å². The molecule has 2 rings (SSSR count). The molecule has 0 aliphatic carbocycles. The fraction of sp³-hybridized carbons (Fsp3) is 0.182. The third-order valence-corrected chi connectivity index (χ3v) is 3.08. The maximum absolute atomic E-state index is 12.9. The monoisotopic (exact) mass is 240 g/mol. The summed E-state index contributed by atoms with van der Waals surface area (Å²) < 4.78 is 25.6. The molecule has 1 heterocycles. The Labute approximate surface area is 96.0 Å². The van der Waals surface area contributed by atoms with Gasteiger partial charge in [0.2, 0.25) is 0 Å². The molecule has 0 bridgehead atoms. The van der Waals surface area contributed by atoms with Gasteiger partial charge in [0.05, 0.1) is 6.04 Å². The Balaban J connectivity index is 2.12. The van der Waals surface area contributed by atoms with Crippen molar-refractivity contribution in [2.75, 3.05) is 5.32 Å². The van der Waals surface area contributed by atoms with E-state index in [1.54, 1.807) is 6.20 Å². The van der Waals surface area contributed by atoms with E-state index in [2.05, 4.69) is 10.3 Å². The maximum Gasteiger partial charge on any atom is 0.160 e. The lowest BCUT2D eigenvalue weighted by Gasteiger charge is -2.12. The fourth-order valence-corrected chi connectivity index (χ4v) is 1.99. The van der Waals surface area contributed by atoms with E-state index in [0.717, 1.165) is 17.1 Å². The number of nitrogens with zero attached hydrogens (tertiary/aromatic N) is 1. The van der Waals surface area contributed by atoms with Crippen LogP contribution in [0.15, 0.2) is 29.8 Å². The number of halogens is 2. The first-order valence-corrected chi connectivity index (χ1v) is 5.66. The minimum absolute atomic E-state index is 0.0233. The molecule has 16 heavy (non-hydrogen) atoms. The summed E-state index contributed by atoms with van der Waals surface area (Å²) in [7, 11) is 0. The highest BCUT2D eigenvalue weighted by atomic mass is 32.1. The van der Waals surface area contributed by atoms with Gasteiger partial charge >= 0.3 is 0 Å². The lowest BCUT2D eigenvalue weighted by Crippen LogP contribution is -2.06. The molecule has 0 fully saturated rings. The van der Waals surface area contributed by atoms with Gasteiger partial charge in [-0.05, 0) is 19.1 Å². The Kier molecular flexibility index (Phi) is 3.14. The van der Waals surface area contributed by atoms with Gasteiger partial charge in [0, 0.05) is 23.3 Å². The maximum atomic E-state index is 12.9. The molecule has 1 aromatic carbocycles. The summed E-state index contributed by atoms with van der Waals surface area (Å²) in [5, 5.41) is 5.83. The van der Waals surface area contributed by atoms with Gasteiger partial charge in [0.25, 0.3) is 0 Å². The van der Waals surface area contributed by atoms with E-state index in [-0.39, 0.29) is 6.04 Å². The van der Waals surface area contributed by atoms with Gasteiger partial charge < -0.3 is 5.32 Å². The first-order valence-electron chi connectivity index (χ1n) is 4.78. The molecule has 2 aromatic rings. The van der Waals surface area contributed by atoms with Gasteiger partial charge in [-0.25, -0.2) is 13.8 Å². The topological polar surface area (TPSA) is 24.9 Å². The Morgan fingerprint density at radius 1 is 1.31 bits per heavy atom. The number of hydrogen-bond acceptors (Lipinski definition) is 3. The number of thiazole rings is 1. The second-order valence-corrected chi connectivity index (χ2v) is 4.29. The molecule has 0 saturated heterocycles. The zero-order valence-corrected chi connectivity index (χ0v) is 9.39. The van der Waals surface area contributed by atoms with Crippen LogP contribution in [-0.2, 0) is 0 Å². The van der Waals surface area contributed by atoms with Crippen LogP contribution in [0.2, 0.25) is 0 Å². The molecule has 0 radical (unpaired) electrons. The molecule has 1 N–H and O–H groups in total. The van der Waals surface area contributed by atoms with Gasteiger partial charge in [0.1, 0.15) is 5.01 Å². The highest BCUT2D eigenvalue weighted by molar-refractivity contribution is 7.09. The van der Waals surface area contributed by atoms with Crippen molar-refractivity contribution in [3.8, 4) is 0 Å². The molecule has 0 spiro atoms. The molecule has 1 atom stereocenters. The molecular formula is C11H10F2N2S. The number of nitrogens with one attached hydrogen (secondary N) is 1. The highest BCUT2D eigenvalue weighted by Gasteiger charge is 2.09. The largest absolute Gasteiger partial charge is 0.376 e. The van der Waals surface area contributed by atoms with Crippen molar-refractivity contribution in [2.45, 2.75) is 13.0 Å². The summed E-state index contributed by atoms with van der Waals surface area (Å²) >= 11 is 1.52. The number of hydrogen-bond donors (Lipinski definition) is 1. The minimum Gasteiger partial charge on any atom is -0.376 e. The van der Waals surface area contributed by atoms with E-state index in [1.165, 1.54) is 17.4 Å². The Bertz CT molecular complexity index is 471. The van der Waals surface area contributed by atoms with Gasteiger partial charge in [0.15, 0.2) is 11.6 Å². The predicted octanol–water partition coefficient (Wildman–Crippen LogP) is 3.59. The molecule has 84 valence electrons. The SMILES string of the molecule is CC(Nc1ccc(F)c(F)c1)c1nccs1. The van der Waals surface area contributed by atoms with Gasteiger partial charge in [-0.3, -0.25) is 0 Å². The van der Waals surface area contributed by atoms with Crippen LogP contribution in [-0.4, -0.2) is 4.98 Å². The van der Waals surface area contributed by atoms with E-state index >= 15 is 0 Å². The van der Waals surface area contributed by atoms with E-state index in [4.69, 9.17) is 0 Å². The average Bonchev–Trinajstić information content (AvgIpc) is 2.77. The summed E-state index contributed by atoms with van der Waals surface area (Å²) in [4.78, 5) is 4.14. The summed E-state index contributed by atoms with van der Waals surface area (Å²) in [6, 6.07) is 3.72. The highest BCUT2D eigenvalue weighted by Crippen LogP contribution is 2.21. The van der Waals surface area contributed by atoms with Crippen molar-refractivity contribution < 1.29 is 8.78 Å². The molecule has 0 aliphatic heterocycles. The number of anilines is 1. The van der Waals surface area contributed by atoms with Crippen molar-refractivity contribution in [1.82, 2.24) is 4.98 Å². The molecule has 0 amide bonds. The lowest BCUT2D eigenvalue weighted by molar-refractivity contribution is 0.509. The van der Waals surface area contributed by atoms with Crippen LogP contribution in [0.5, 0.6) is 0 Å². The van der Waals surface area contributed by atoms with Crippen molar-refractivity contribution in [3.63, 3.8) is 0 Å². The van der Waals surface area contributed by atoms with E-state index in [9.17, 15) is 8.78 Å². The zero-order chi connectivity index (χ0) is 11.5. The van der Waals surface area contributed by atoms with E-state index in [0.29, 0.717) is 5.69 Å². The van der Waals surface area contributed by atoms with E-state index in [1.807, 2.05) is 12.3 Å². The van der Waals surface area contributed by atoms with Crippen LogP contribution in [0.3, 0.4) is 0 Å². The molecule has 2 nitrogen and oxygen atoms in total. The van der Waals surface area contributed by atoms with Gasteiger partial charge in [-0.15, -0.1) is 11.3 Å². The molecular weight excluding hydrogens is 230 g/mol. The van der Waals surface area contributed by atoms with Gasteiger partial charge in [-0.1, -0.05) is 0 Å². The second kappa shape index (κ2) is 4.57. The summed E-state index contributed by atoms with van der Waals surface area (Å²) in [6.45, 7) is 1.92. The first kappa shape index (κ1) is 11.0. The molecule has 0 aliphatic rings. The van der Waals surface area contributed by atoms with Crippen LogP contribution in [0.1, 0.15) is 18.0 Å². The fourth-order valence-electron chi connectivity index (χ4n) is 1.35. The third kappa shape index (κ3) is 2.36. The normalized spacial score (nSPS) is 12.4. The third-order valence-electron chi connectivity index (χ3n) is 2.12. The zero-order valence-electron chi connectivity index (χ0n) is 8.58. The number of benzene rings is 1. The second-order valence-electron chi connectivity index (χ2n) is 3.37. The first-order chi connectivity index (χ1) is 7.66. The standard InChI is InChI=1S/C11H10F2N2S/c1-7(11-14-4-5-16-11)15-8-2-3-9(12)10(13)6-8/h2-7,15H,1H3. The van der Waals surface area contributed by atoms with E-state index < -0.39 is 11.6 Å². The smallest absolute Gasteiger partial charge is 0.160 e. The number of rotatable bonds is 3. The minimum atomic E-state index is -0.851. The quantitative estimate of drug-likeness (QED) is 0.886. The lowest BCUT2D eigenvalue weighted by atomic mass is 10.2. The van der Waals surface area contributed by atoms with Gasteiger partial charge in [-0.2, -0.15) is 0 Å². The van der Waals surface area contributed by atoms with Crippen molar-refractivity contribution >= 4 is 17.0 Å².